The van der Waals surface area contributed by atoms with Crippen molar-refractivity contribution in [2.75, 3.05) is 5.75 Å². The second kappa shape index (κ2) is 8.25. The molecule has 0 aromatic rings. The van der Waals surface area contributed by atoms with Gasteiger partial charge in [-0.05, 0) is 19.7 Å². The van der Waals surface area contributed by atoms with Crippen molar-refractivity contribution in [3.63, 3.8) is 0 Å². The molecule has 0 aromatic heterocycles. The van der Waals surface area contributed by atoms with Crippen molar-refractivity contribution < 1.29 is 77.2 Å². The molecule has 0 bridgehead atoms. The third-order valence-corrected chi connectivity index (χ3v) is 2.18. The normalized spacial score (nSPS) is 12.3. The Morgan fingerprint density at radius 3 is 2.13 bits per heavy atom. The molecule has 0 radical (unpaired) electrons. The van der Waals surface area contributed by atoms with Crippen molar-refractivity contribution in [1.82, 2.24) is 0 Å². The van der Waals surface area contributed by atoms with Crippen molar-refractivity contribution >= 4 is 16.0 Å². The Morgan fingerprint density at radius 1 is 1.47 bits per heavy atom. The summed E-state index contributed by atoms with van der Waals surface area (Å²) in [5.41, 5.74) is -1.19. The van der Waals surface area contributed by atoms with Crippen molar-refractivity contribution in [1.29, 1.82) is 0 Å². The summed E-state index contributed by atoms with van der Waals surface area (Å²) in [4.78, 5) is 3.48. The molecule has 0 spiro atoms. The van der Waals surface area contributed by atoms with E-state index in [1.54, 1.807) is 0 Å². The van der Waals surface area contributed by atoms with Crippen molar-refractivity contribution in [3.8, 4) is 0 Å². The summed E-state index contributed by atoms with van der Waals surface area (Å²) in [6.07, 6.45) is 0.958. The molecule has 8 heteroatoms. The Balaban J connectivity index is -0.000000720. The number of hydrogen-bond donors (Lipinski definition) is 0. The van der Waals surface area contributed by atoms with Gasteiger partial charge in [-0.3, -0.25) is 4.99 Å². The van der Waals surface area contributed by atoms with E-state index in [0.717, 1.165) is 6.08 Å². The summed E-state index contributed by atoms with van der Waals surface area (Å²) >= 11 is 0. The van der Waals surface area contributed by atoms with Gasteiger partial charge in [-0.2, -0.15) is 0 Å². The Morgan fingerprint density at radius 2 is 1.87 bits per heavy atom. The van der Waals surface area contributed by atoms with Crippen LogP contribution in [0.1, 0.15) is 13.8 Å². The van der Waals surface area contributed by atoms with Gasteiger partial charge in [0.25, 0.3) is 0 Å². The largest absolute Gasteiger partial charge is 1.00 e. The monoisotopic (exact) mass is 251 g/mol. The molecule has 0 amide bonds. The van der Waals surface area contributed by atoms with E-state index in [-0.39, 0.29) is 59.1 Å². The van der Waals surface area contributed by atoms with Crippen LogP contribution in [0.5, 0.6) is 0 Å². The zero-order chi connectivity index (χ0) is 10.7. The van der Waals surface area contributed by atoms with Crippen LogP contribution in [0, 0.1) is 0 Å². The minimum absolute atomic E-state index is 0. The first kappa shape index (κ1) is 21.4. The maximum Gasteiger partial charge on any atom is 1.00 e. The molecular weight excluding hydrogens is 240 g/mol. The minimum atomic E-state index is -4.37. The van der Waals surface area contributed by atoms with Crippen LogP contribution in [0.3, 0.4) is 0 Å². The predicted molar refractivity (Wildman–Crippen MR) is 46.3 cm³/mol. The van der Waals surface area contributed by atoms with Gasteiger partial charge in [-0.15, -0.1) is 0 Å². The second-order valence-corrected chi connectivity index (χ2v) is 4.57. The molecule has 0 saturated heterocycles. The average Bonchev–Trinajstić information content (AvgIpc) is 1.80. The molecule has 15 heavy (non-hydrogen) atoms. The third kappa shape index (κ3) is 13.1. The Bertz CT molecular complexity index is 324. The van der Waals surface area contributed by atoms with Crippen LogP contribution in [0.4, 0.5) is 0 Å². The number of rotatable bonds is 4. The van der Waals surface area contributed by atoms with Gasteiger partial charge < -0.3 is 9.66 Å². The molecule has 76 valence electrons. The summed E-state index contributed by atoms with van der Waals surface area (Å²) < 4.78 is 31.1. The van der Waals surface area contributed by atoms with Crippen LogP contribution in [-0.2, 0) is 10.1 Å². The molecular formula is C7H11NNa2O4S. The Hall–Kier alpha value is 1.12. The fourth-order valence-electron chi connectivity index (χ4n) is 0.809. The van der Waals surface area contributed by atoms with Crippen LogP contribution < -0.4 is 64.2 Å². The van der Waals surface area contributed by atoms with E-state index in [2.05, 4.69) is 11.6 Å². The molecule has 0 unspecified atom stereocenters. The first-order valence-electron chi connectivity index (χ1n) is 3.49. The Labute approximate surface area is 134 Å². The van der Waals surface area contributed by atoms with E-state index in [1.807, 2.05) is 0 Å². The molecule has 0 rings (SSSR count). The van der Waals surface area contributed by atoms with Gasteiger partial charge in [0.2, 0.25) is 0 Å². The first-order valence-corrected chi connectivity index (χ1v) is 5.07. The van der Waals surface area contributed by atoms with Gasteiger partial charge in [0, 0.05) is 0 Å². The van der Waals surface area contributed by atoms with Gasteiger partial charge in [-0.25, -0.2) is 8.42 Å². The molecule has 5 nitrogen and oxygen atoms in total. The summed E-state index contributed by atoms with van der Waals surface area (Å²) in [6.45, 7) is 5.96. The molecule has 0 fully saturated rings. The van der Waals surface area contributed by atoms with Gasteiger partial charge in [0.15, 0.2) is 0 Å². The van der Waals surface area contributed by atoms with E-state index >= 15 is 0 Å². The second-order valence-electron chi connectivity index (χ2n) is 3.17. The van der Waals surface area contributed by atoms with Crippen LogP contribution in [0.15, 0.2) is 17.6 Å². The Kier molecular flexibility index (Phi) is 11.8. The standard InChI is InChI=1S/C7H13NO4S.2Na/c1-4-6(9)8-7(2,3)5-13(10,11)12;;/h4H,1,5H2,2-3H3,(H,8,9)(H,10,11,12);;/q;2*+1/p-2. The van der Waals surface area contributed by atoms with Gasteiger partial charge >= 0.3 is 59.1 Å². The summed E-state index contributed by atoms with van der Waals surface area (Å²) in [5, 5.41) is 10.7. The van der Waals surface area contributed by atoms with E-state index in [9.17, 15) is 18.1 Å². The predicted octanol–water partition coefficient (Wildman–Crippen LogP) is -6.74. The summed E-state index contributed by atoms with van der Waals surface area (Å²) in [7, 11) is -4.37. The van der Waals surface area contributed by atoms with Crippen molar-refractivity contribution in [2.24, 2.45) is 4.99 Å². The zero-order valence-electron chi connectivity index (χ0n) is 9.48. The van der Waals surface area contributed by atoms with E-state index < -0.39 is 27.3 Å². The molecule has 0 N–H and O–H groups in total. The first-order chi connectivity index (χ1) is 5.66. The summed E-state index contributed by atoms with van der Waals surface area (Å²) in [5.74, 6) is -1.33. The topological polar surface area (TPSA) is 92.6 Å². The molecule has 0 saturated carbocycles. The number of nitrogens with zero attached hydrogens (tertiary/aromatic N) is 1. The molecule has 0 heterocycles. The van der Waals surface area contributed by atoms with Crippen LogP contribution in [-0.4, -0.2) is 30.2 Å². The fraction of sp³-hybridized carbons (Fsp3) is 0.571. The molecule has 0 aliphatic rings. The smallest absolute Gasteiger partial charge is 0.859 e. The number of aliphatic imine (C=N–C) groups is 1. The quantitative estimate of drug-likeness (QED) is 0.215. The molecule has 0 aromatic carbocycles. The molecule has 0 atom stereocenters. The maximum atomic E-state index is 10.7. The maximum absolute atomic E-state index is 10.7. The van der Waals surface area contributed by atoms with E-state index in [0.29, 0.717) is 0 Å². The van der Waals surface area contributed by atoms with E-state index in [1.165, 1.54) is 13.8 Å². The van der Waals surface area contributed by atoms with Crippen LogP contribution in [0.25, 0.3) is 0 Å². The van der Waals surface area contributed by atoms with Crippen molar-refractivity contribution in [2.45, 2.75) is 19.4 Å². The minimum Gasteiger partial charge on any atom is -0.859 e. The molecule has 0 aliphatic heterocycles. The summed E-state index contributed by atoms with van der Waals surface area (Å²) in [6, 6.07) is 0. The molecule has 0 aliphatic carbocycles. The average molecular weight is 251 g/mol. The van der Waals surface area contributed by atoms with Crippen LogP contribution in [0.2, 0.25) is 0 Å². The van der Waals surface area contributed by atoms with Gasteiger partial charge in [-0.1, -0.05) is 12.7 Å². The van der Waals surface area contributed by atoms with Crippen LogP contribution >= 0.6 is 0 Å². The van der Waals surface area contributed by atoms with Crippen molar-refractivity contribution in [3.05, 3.63) is 12.7 Å². The van der Waals surface area contributed by atoms with E-state index in [4.69, 9.17) is 0 Å². The van der Waals surface area contributed by atoms with Gasteiger partial charge in [0.1, 0.15) is 0 Å². The van der Waals surface area contributed by atoms with Gasteiger partial charge in [0.05, 0.1) is 21.4 Å². The fourth-order valence-corrected chi connectivity index (χ4v) is 1.74. The SMILES string of the molecule is C=CC([O-])=NC(C)(C)CS(=O)(=O)[O-].[Na+].[Na+]. The number of hydrogen-bond acceptors (Lipinski definition) is 5. The zero-order valence-corrected chi connectivity index (χ0v) is 14.3. The third-order valence-electron chi connectivity index (χ3n) is 1.12.